The Kier molecular flexibility index (Phi) is 3.88. The highest BCUT2D eigenvalue weighted by molar-refractivity contribution is 5.48. The number of ether oxygens (including phenoxy) is 1. The summed E-state index contributed by atoms with van der Waals surface area (Å²) in [5, 5.41) is 28.5. The lowest BCUT2D eigenvalue weighted by molar-refractivity contribution is -0.386. The maximum absolute atomic E-state index is 10.9. The average Bonchev–Trinajstić information content (AvgIpc) is 2.48. The lowest BCUT2D eigenvalue weighted by atomic mass is 10.2. The molecule has 0 aliphatic heterocycles. The van der Waals surface area contributed by atoms with E-state index in [0.717, 1.165) is 6.07 Å². The minimum Gasteiger partial charge on any atom is -0.434 e. The van der Waals surface area contributed by atoms with Crippen LogP contribution in [0.1, 0.15) is 11.1 Å². The number of nitrogens with zero attached hydrogens (tertiary/aromatic N) is 3. The molecule has 100 valence electrons. The van der Waals surface area contributed by atoms with Crippen molar-refractivity contribution >= 4 is 5.69 Å². The first-order valence-corrected chi connectivity index (χ1v) is 5.56. The molecule has 0 radical (unpaired) electrons. The van der Waals surface area contributed by atoms with Gasteiger partial charge in [-0.2, -0.15) is 5.26 Å². The van der Waals surface area contributed by atoms with Gasteiger partial charge in [0.05, 0.1) is 17.1 Å². The Hall–Kier alpha value is -2.98. The number of aliphatic hydroxyl groups excluding tert-OH is 1. The molecule has 0 saturated heterocycles. The van der Waals surface area contributed by atoms with Crippen LogP contribution in [0.4, 0.5) is 5.69 Å². The van der Waals surface area contributed by atoms with E-state index in [-0.39, 0.29) is 23.7 Å². The van der Waals surface area contributed by atoms with Gasteiger partial charge in [-0.1, -0.05) is 12.1 Å². The summed E-state index contributed by atoms with van der Waals surface area (Å²) in [6.45, 7) is -0.102. The first-order valence-electron chi connectivity index (χ1n) is 5.56. The van der Waals surface area contributed by atoms with Crippen molar-refractivity contribution in [3.63, 3.8) is 0 Å². The molecule has 0 unspecified atom stereocenters. The largest absolute Gasteiger partial charge is 0.434 e. The van der Waals surface area contributed by atoms with Gasteiger partial charge in [-0.3, -0.25) is 10.1 Å². The molecule has 1 heterocycles. The molecule has 7 heteroatoms. The van der Waals surface area contributed by atoms with Crippen LogP contribution < -0.4 is 4.74 Å². The number of nitro groups is 1. The summed E-state index contributed by atoms with van der Waals surface area (Å²) < 4.78 is 5.33. The van der Waals surface area contributed by atoms with Crippen molar-refractivity contribution in [2.75, 3.05) is 0 Å². The van der Waals surface area contributed by atoms with Crippen LogP contribution in [0.3, 0.4) is 0 Å². The third-order valence-corrected chi connectivity index (χ3v) is 2.48. The lowest BCUT2D eigenvalue weighted by Gasteiger charge is -2.05. The van der Waals surface area contributed by atoms with Crippen molar-refractivity contribution < 1.29 is 14.8 Å². The fourth-order valence-corrected chi connectivity index (χ4v) is 1.49. The van der Waals surface area contributed by atoms with E-state index < -0.39 is 4.92 Å². The molecule has 0 aliphatic carbocycles. The Bertz CT molecular complexity index is 677. The van der Waals surface area contributed by atoms with E-state index >= 15 is 0 Å². The van der Waals surface area contributed by atoms with Crippen LogP contribution in [0.5, 0.6) is 11.6 Å². The number of rotatable bonds is 4. The second-order valence-electron chi connectivity index (χ2n) is 3.82. The first-order chi connectivity index (χ1) is 9.63. The molecule has 0 bridgehead atoms. The monoisotopic (exact) mass is 271 g/mol. The summed E-state index contributed by atoms with van der Waals surface area (Å²) in [5.74, 6) is 0.160. The molecular formula is C13H9N3O4. The third-order valence-electron chi connectivity index (χ3n) is 2.48. The smallest absolute Gasteiger partial charge is 0.332 e. The molecule has 0 fully saturated rings. The summed E-state index contributed by atoms with van der Waals surface area (Å²) in [4.78, 5) is 14.0. The Balaban J connectivity index is 2.32. The zero-order chi connectivity index (χ0) is 14.5. The molecule has 1 N–H and O–H groups in total. The molecule has 1 aromatic carbocycles. The molecule has 20 heavy (non-hydrogen) atoms. The predicted molar refractivity (Wildman–Crippen MR) is 68.0 cm³/mol. The SMILES string of the molecule is N#Cc1cnc(Oc2ccc(CO)cc2)c([N+](=O)[O-])c1. The quantitative estimate of drug-likeness (QED) is 0.673. The van der Waals surface area contributed by atoms with Crippen molar-refractivity contribution in [3.8, 4) is 17.7 Å². The summed E-state index contributed by atoms with van der Waals surface area (Å²) >= 11 is 0. The minimum atomic E-state index is -0.661. The van der Waals surface area contributed by atoms with Gasteiger partial charge >= 0.3 is 5.69 Å². The van der Waals surface area contributed by atoms with Crippen LogP contribution in [0.2, 0.25) is 0 Å². The van der Waals surface area contributed by atoms with E-state index in [9.17, 15) is 10.1 Å². The standard InChI is InChI=1S/C13H9N3O4/c14-6-10-5-12(16(18)19)13(15-7-10)20-11-3-1-9(8-17)2-4-11/h1-5,7,17H,8H2. The van der Waals surface area contributed by atoms with E-state index in [4.69, 9.17) is 15.1 Å². The van der Waals surface area contributed by atoms with Crippen LogP contribution in [-0.4, -0.2) is 15.0 Å². The molecule has 0 aliphatic rings. The van der Waals surface area contributed by atoms with Crippen LogP contribution in [-0.2, 0) is 6.61 Å². The van der Waals surface area contributed by atoms with E-state index in [1.54, 1.807) is 30.3 Å². The number of pyridine rings is 1. The summed E-state index contributed by atoms with van der Waals surface area (Å²) in [5.41, 5.74) is 0.398. The molecule has 0 atom stereocenters. The Morgan fingerprint density at radius 2 is 2.10 bits per heavy atom. The Labute approximate surface area is 113 Å². The number of nitriles is 1. The fourth-order valence-electron chi connectivity index (χ4n) is 1.49. The third kappa shape index (κ3) is 2.88. The average molecular weight is 271 g/mol. The zero-order valence-corrected chi connectivity index (χ0v) is 10.2. The molecule has 0 saturated carbocycles. The van der Waals surface area contributed by atoms with Gasteiger partial charge < -0.3 is 9.84 Å². The highest BCUT2D eigenvalue weighted by Crippen LogP contribution is 2.29. The highest BCUT2D eigenvalue weighted by Gasteiger charge is 2.18. The number of hydrogen-bond donors (Lipinski definition) is 1. The topological polar surface area (TPSA) is 109 Å². The van der Waals surface area contributed by atoms with E-state index in [1.807, 2.05) is 0 Å². The van der Waals surface area contributed by atoms with Gasteiger partial charge in [0.25, 0.3) is 5.88 Å². The van der Waals surface area contributed by atoms with Gasteiger partial charge in [0.1, 0.15) is 11.8 Å². The first kappa shape index (κ1) is 13.5. The van der Waals surface area contributed by atoms with Gasteiger partial charge in [-0.15, -0.1) is 0 Å². The molecule has 0 amide bonds. The summed E-state index contributed by atoms with van der Waals surface area (Å²) in [6.07, 6.45) is 1.20. The van der Waals surface area contributed by atoms with Crippen molar-refractivity contribution in [1.82, 2.24) is 4.98 Å². The van der Waals surface area contributed by atoms with Crippen molar-refractivity contribution in [2.45, 2.75) is 6.61 Å². The molecular weight excluding hydrogens is 262 g/mol. The van der Waals surface area contributed by atoms with Crippen LogP contribution in [0.25, 0.3) is 0 Å². The molecule has 7 nitrogen and oxygen atoms in total. The van der Waals surface area contributed by atoms with Crippen molar-refractivity contribution in [2.24, 2.45) is 0 Å². The van der Waals surface area contributed by atoms with E-state index in [1.165, 1.54) is 6.20 Å². The molecule has 2 rings (SSSR count). The van der Waals surface area contributed by atoms with E-state index in [0.29, 0.717) is 11.3 Å². The fraction of sp³-hybridized carbons (Fsp3) is 0.0769. The molecule has 1 aromatic heterocycles. The normalized spacial score (nSPS) is 9.80. The number of benzene rings is 1. The van der Waals surface area contributed by atoms with Crippen molar-refractivity contribution in [3.05, 3.63) is 57.8 Å². The second-order valence-corrected chi connectivity index (χ2v) is 3.82. The highest BCUT2D eigenvalue weighted by atomic mass is 16.6. The van der Waals surface area contributed by atoms with Gasteiger partial charge in [-0.05, 0) is 17.7 Å². The van der Waals surface area contributed by atoms with Gasteiger partial charge in [0, 0.05) is 12.3 Å². The van der Waals surface area contributed by atoms with Gasteiger partial charge in [0.2, 0.25) is 0 Å². The molecule has 2 aromatic rings. The van der Waals surface area contributed by atoms with Crippen LogP contribution in [0, 0.1) is 21.4 Å². The van der Waals surface area contributed by atoms with Crippen LogP contribution >= 0.6 is 0 Å². The number of hydrogen-bond acceptors (Lipinski definition) is 6. The van der Waals surface area contributed by atoms with E-state index in [2.05, 4.69) is 4.98 Å². The molecule has 0 spiro atoms. The Morgan fingerprint density at radius 3 is 2.65 bits per heavy atom. The predicted octanol–water partition coefficient (Wildman–Crippen LogP) is 2.15. The lowest BCUT2D eigenvalue weighted by Crippen LogP contribution is -1.97. The zero-order valence-electron chi connectivity index (χ0n) is 10.2. The Morgan fingerprint density at radius 1 is 1.40 bits per heavy atom. The summed E-state index contributed by atoms with van der Waals surface area (Å²) in [6, 6.07) is 9.27. The number of aliphatic hydroxyl groups is 1. The minimum absolute atomic E-state index is 0.0830. The summed E-state index contributed by atoms with van der Waals surface area (Å²) in [7, 11) is 0. The van der Waals surface area contributed by atoms with Crippen molar-refractivity contribution in [1.29, 1.82) is 5.26 Å². The maximum atomic E-state index is 10.9. The second kappa shape index (κ2) is 5.77. The maximum Gasteiger partial charge on any atom is 0.332 e. The van der Waals surface area contributed by atoms with Crippen LogP contribution in [0.15, 0.2) is 36.5 Å². The number of aromatic nitrogens is 1. The van der Waals surface area contributed by atoms with Gasteiger partial charge in [0.15, 0.2) is 0 Å². The van der Waals surface area contributed by atoms with Gasteiger partial charge in [-0.25, -0.2) is 4.98 Å².